The van der Waals surface area contributed by atoms with Crippen LogP contribution in [-0.2, 0) is 11.2 Å². The Balaban J connectivity index is 2.00. The van der Waals surface area contributed by atoms with E-state index < -0.39 is 0 Å². The molecule has 19 heavy (non-hydrogen) atoms. The van der Waals surface area contributed by atoms with Crippen LogP contribution in [0, 0.1) is 5.92 Å². The molecule has 1 aromatic carbocycles. The number of amidine groups is 1. The van der Waals surface area contributed by atoms with Crippen LogP contribution in [-0.4, -0.2) is 30.7 Å². The van der Waals surface area contributed by atoms with Crippen LogP contribution in [0.4, 0.5) is 5.69 Å². The first-order valence-corrected chi connectivity index (χ1v) is 7.63. The first-order valence-electron chi connectivity index (χ1n) is 6.75. The molecule has 2 rings (SSSR count). The van der Waals surface area contributed by atoms with E-state index in [0.29, 0.717) is 11.2 Å². The topological polar surface area (TPSA) is 33.6 Å². The Morgan fingerprint density at radius 3 is 2.89 bits per heavy atom. The second kappa shape index (κ2) is 6.96. The summed E-state index contributed by atoms with van der Waals surface area (Å²) in [7, 11) is 1.74. The third-order valence-corrected chi connectivity index (χ3v) is 4.71. The lowest BCUT2D eigenvalue weighted by atomic mass is 10.1. The van der Waals surface area contributed by atoms with Crippen LogP contribution in [0.5, 0.6) is 0 Å². The van der Waals surface area contributed by atoms with Crippen LogP contribution >= 0.6 is 11.8 Å². The third kappa shape index (κ3) is 3.98. The summed E-state index contributed by atoms with van der Waals surface area (Å²) in [6.07, 6.45) is 0.922. The molecule has 1 atom stereocenters. The number of aliphatic imine (C=N–C) groups is 1. The number of rotatable bonds is 5. The predicted molar refractivity (Wildman–Crippen MR) is 84.2 cm³/mol. The van der Waals surface area contributed by atoms with Crippen molar-refractivity contribution in [2.45, 2.75) is 25.5 Å². The van der Waals surface area contributed by atoms with Gasteiger partial charge in [0, 0.05) is 18.0 Å². The highest BCUT2D eigenvalue weighted by atomic mass is 32.2. The van der Waals surface area contributed by atoms with Gasteiger partial charge in [-0.25, -0.2) is 0 Å². The lowest BCUT2D eigenvalue weighted by Crippen LogP contribution is -2.13. The van der Waals surface area contributed by atoms with Crippen molar-refractivity contribution in [3.05, 3.63) is 29.8 Å². The molecule has 1 aromatic rings. The smallest absolute Gasteiger partial charge is 0.161 e. The number of nitrogens with one attached hydrogen (secondary N) is 1. The van der Waals surface area contributed by atoms with Crippen LogP contribution in [0.3, 0.4) is 0 Å². The van der Waals surface area contributed by atoms with Gasteiger partial charge in [-0.15, -0.1) is 0 Å². The standard InChI is InChI=1S/C15H22N2OS/c1-11(2)14-10-16-15(19-14)17-13-7-5-4-6-12(13)8-9-18-3/h4-7,11,14H,8-10H2,1-3H3,(H,16,17). The minimum atomic E-state index is 0.605. The van der Waals surface area contributed by atoms with E-state index in [-0.39, 0.29) is 0 Å². The van der Waals surface area contributed by atoms with E-state index in [4.69, 9.17) is 4.74 Å². The van der Waals surface area contributed by atoms with Crippen molar-refractivity contribution in [2.24, 2.45) is 10.9 Å². The molecule has 1 aliphatic heterocycles. The van der Waals surface area contributed by atoms with E-state index in [1.807, 2.05) is 11.8 Å². The molecule has 0 amide bonds. The van der Waals surface area contributed by atoms with Crippen molar-refractivity contribution in [1.82, 2.24) is 0 Å². The van der Waals surface area contributed by atoms with Gasteiger partial charge in [0.25, 0.3) is 0 Å². The second-order valence-electron chi connectivity index (χ2n) is 5.07. The van der Waals surface area contributed by atoms with Crippen molar-refractivity contribution in [3.8, 4) is 0 Å². The lowest BCUT2D eigenvalue weighted by molar-refractivity contribution is 0.202. The summed E-state index contributed by atoms with van der Waals surface area (Å²) in [5, 5.41) is 5.11. The molecule has 3 nitrogen and oxygen atoms in total. The molecule has 0 aliphatic carbocycles. The molecular weight excluding hydrogens is 256 g/mol. The molecule has 0 aromatic heterocycles. The molecule has 4 heteroatoms. The highest BCUT2D eigenvalue weighted by Gasteiger charge is 2.22. The van der Waals surface area contributed by atoms with Crippen LogP contribution in [0.15, 0.2) is 29.3 Å². The zero-order chi connectivity index (χ0) is 13.7. The number of hydrogen-bond acceptors (Lipinski definition) is 4. The molecule has 1 heterocycles. The minimum absolute atomic E-state index is 0.605. The number of anilines is 1. The number of nitrogens with zero attached hydrogens (tertiary/aromatic N) is 1. The zero-order valence-corrected chi connectivity index (χ0v) is 12.7. The summed E-state index contributed by atoms with van der Waals surface area (Å²) >= 11 is 1.85. The summed E-state index contributed by atoms with van der Waals surface area (Å²) in [5.41, 5.74) is 2.43. The van der Waals surface area contributed by atoms with Gasteiger partial charge in [-0.1, -0.05) is 43.8 Å². The average Bonchev–Trinajstić information content (AvgIpc) is 2.86. The fourth-order valence-electron chi connectivity index (χ4n) is 1.99. The quantitative estimate of drug-likeness (QED) is 0.896. The van der Waals surface area contributed by atoms with E-state index in [9.17, 15) is 0 Å². The SMILES string of the molecule is COCCc1ccccc1NC1=NCC(C(C)C)S1. The zero-order valence-electron chi connectivity index (χ0n) is 11.8. The van der Waals surface area contributed by atoms with Crippen LogP contribution in [0.1, 0.15) is 19.4 Å². The highest BCUT2D eigenvalue weighted by Crippen LogP contribution is 2.28. The van der Waals surface area contributed by atoms with E-state index in [1.165, 1.54) is 5.56 Å². The molecule has 0 saturated heterocycles. The molecule has 0 fully saturated rings. The Labute approximate surface area is 119 Å². The van der Waals surface area contributed by atoms with E-state index in [2.05, 4.69) is 48.4 Å². The number of benzene rings is 1. The first-order chi connectivity index (χ1) is 9.20. The third-order valence-electron chi connectivity index (χ3n) is 3.26. The lowest BCUT2D eigenvalue weighted by Gasteiger charge is -2.14. The summed E-state index contributed by atoms with van der Waals surface area (Å²) < 4.78 is 5.16. The highest BCUT2D eigenvalue weighted by molar-refractivity contribution is 8.15. The van der Waals surface area contributed by atoms with Crippen molar-refractivity contribution < 1.29 is 4.74 Å². The van der Waals surface area contributed by atoms with E-state index in [1.54, 1.807) is 7.11 Å². The average molecular weight is 278 g/mol. The van der Waals surface area contributed by atoms with Crippen LogP contribution in [0.2, 0.25) is 0 Å². The maximum Gasteiger partial charge on any atom is 0.161 e. The summed E-state index contributed by atoms with van der Waals surface area (Å²) in [4.78, 5) is 4.59. The van der Waals surface area contributed by atoms with Crippen LogP contribution < -0.4 is 5.32 Å². The number of methoxy groups -OCH3 is 1. The number of ether oxygens (including phenoxy) is 1. The number of para-hydroxylation sites is 1. The molecule has 1 N–H and O–H groups in total. The Morgan fingerprint density at radius 1 is 1.42 bits per heavy atom. The number of thioether (sulfide) groups is 1. The molecule has 0 saturated carbocycles. The van der Waals surface area contributed by atoms with Crippen molar-refractivity contribution in [1.29, 1.82) is 0 Å². The maximum atomic E-state index is 5.16. The summed E-state index contributed by atoms with van der Waals surface area (Å²) in [6, 6.07) is 8.37. The molecule has 0 radical (unpaired) electrons. The maximum absolute atomic E-state index is 5.16. The Kier molecular flexibility index (Phi) is 5.28. The largest absolute Gasteiger partial charge is 0.384 e. The van der Waals surface area contributed by atoms with Gasteiger partial charge in [0.1, 0.15) is 0 Å². The van der Waals surface area contributed by atoms with Gasteiger partial charge < -0.3 is 10.1 Å². The van der Waals surface area contributed by atoms with Crippen LogP contribution in [0.25, 0.3) is 0 Å². The molecule has 104 valence electrons. The van der Waals surface area contributed by atoms with Gasteiger partial charge in [0.15, 0.2) is 5.17 Å². The van der Waals surface area contributed by atoms with Gasteiger partial charge in [0.05, 0.1) is 13.2 Å². The van der Waals surface area contributed by atoms with E-state index in [0.717, 1.165) is 30.4 Å². The second-order valence-corrected chi connectivity index (χ2v) is 6.30. The monoisotopic (exact) mass is 278 g/mol. The molecule has 0 spiro atoms. The minimum Gasteiger partial charge on any atom is -0.384 e. The fraction of sp³-hybridized carbons (Fsp3) is 0.533. The van der Waals surface area contributed by atoms with Crippen molar-refractivity contribution in [3.63, 3.8) is 0 Å². The van der Waals surface area contributed by atoms with Gasteiger partial charge >= 0.3 is 0 Å². The van der Waals surface area contributed by atoms with Gasteiger partial charge in [-0.2, -0.15) is 0 Å². The fourth-order valence-corrected chi connectivity index (χ4v) is 3.02. The van der Waals surface area contributed by atoms with Gasteiger partial charge in [-0.3, -0.25) is 4.99 Å². The molecule has 0 bridgehead atoms. The Bertz CT molecular complexity index is 446. The number of hydrogen-bond donors (Lipinski definition) is 1. The van der Waals surface area contributed by atoms with E-state index >= 15 is 0 Å². The Hall–Kier alpha value is -1.000. The molecule has 1 unspecified atom stereocenters. The summed E-state index contributed by atoms with van der Waals surface area (Å²) in [5.74, 6) is 0.664. The first kappa shape index (κ1) is 14.4. The predicted octanol–water partition coefficient (Wildman–Crippen LogP) is 3.41. The van der Waals surface area contributed by atoms with Crippen molar-refractivity contribution >= 4 is 22.6 Å². The molecule has 1 aliphatic rings. The normalized spacial score (nSPS) is 18.7. The Morgan fingerprint density at radius 2 is 2.21 bits per heavy atom. The van der Waals surface area contributed by atoms with Gasteiger partial charge in [-0.05, 0) is 24.0 Å². The van der Waals surface area contributed by atoms with Gasteiger partial charge in [0.2, 0.25) is 0 Å². The van der Waals surface area contributed by atoms with Crippen molar-refractivity contribution in [2.75, 3.05) is 25.6 Å². The molecular formula is C15H22N2OS. The summed E-state index contributed by atoms with van der Waals surface area (Å²) in [6.45, 7) is 6.17.